The second kappa shape index (κ2) is 35.7. The Bertz CT molecular complexity index is 800. The summed E-state index contributed by atoms with van der Waals surface area (Å²) in [5, 5.41) is 19.9. The molecule has 0 aliphatic carbocycles. The molecule has 0 amide bonds. The van der Waals surface area contributed by atoms with Crippen LogP contribution in [-0.2, 0) is 19.1 Å². The molecule has 0 saturated carbocycles. The van der Waals surface area contributed by atoms with Gasteiger partial charge in [0.05, 0.1) is 6.10 Å². The van der Waals surface area contributed by atoms with Crippen LogP contribution in [0.3, 0.4) is 0 Å². The van der Waals surface area contributed by atoms with Crippen LogP contribution in [0, 0.1) is 0 Å². The lowest BCUT2D eigenvalue weighted by Gasteiger charge is -2.12. The topological polar surface area (TPSA) is 93.1 Å². The first kappa shape index (κ1) is 43.8. The molecule has 0 bridgehead atoms. The predicted octanol–water partition coefficient (Wildman–Crippen LogP) is 10.4. The Balaban J connectivity index is 3.61. The Morgan fingerprint density at radius 3 is 1.61 bits per heavy atom. The van der Waals surface area contributed by atoms with Crippen LogP contribution in [-0.4, -0.2) is 47.6 Å². The molecule has 2 atom stereocenters. The third kappa shape index (κ3) is 34.7. The van der Waals surface area contributed by atoms with Gasteiger partial charge in [-0.2, -0.15) is 0 Å². The minimum Gasteiger partial charge on any atom is -0.463 e. The van der Waals surface area contributed by atoms with Crippen molar-refractivity contribution in [1.29, 1.82) is 0 Å². The third-order valence-electron chi connectivity index (χ3n) is 7.90. The first-order chi connectivity index (χ1) is 22.5. The van der Waals surface area contributed by atoms with Crippen molar-refractivity contribution in [2.24, 2.45) is 0 Å². The van der Waals surface area contributed by atoms with Gasteiger partial charge >= 0.3 is 11.9 Å². The summed E-state index contributed by atoms with van der Waals surface area (Å²) in [6.07, 6.45) is 40.5. The van der Waals surface area contributed by atoms with Crippen molar-refractivity contribution in [2.75, 3.05) is 13.2 Å². The molecule has 0 heterocycles. The SMILES string of the molecule is CCCCC/C=C\C[C@@H](O)/C=C/C=C\C/C=C\CCCC(=O)OC[C@H](O)COC(=O)CCCCCCCCCCCCCCCC. The third-order valence-corrected chi connectivity index (χ3v) is 7.90. The number of rotatable bonds is 33. The molecule has 0 aliphatic heterocycles. The molecule has 0 saturated heterocycles. The normalized spacial score (nSPS) is 13.4. The van der Waals surface area contributed by atoms with E-state index in [4.69, 9.17) is 9.47 Å². The number of ether oxygens (including phenoxy) is 2. The molecule has 6 nitrogen and oxygen atoms in total. The molecule has 0 fully saturated rings. The highest BCUT2D eigenvalue weighted by Crippen LogP contribution is 2.13. The highest BCUT2D eigenvalue weighted by Gasteiger charge is 2.12. The van der Waals surface area contributed by atoms with Crippen LogP contribution < -0.4 is 0 Å². The molecular formula is C40H70O6. The molecule has 0 aromatic heterocycles. The maximum atomic E-state index is 11.9. The van der Waals surface area contributed by atoms with Crippen molar-refractivity contribution in [1.82, 2.24) is 0 Å². The first-order valence-corrected chi connectivity index (χ1v) is 18.8. The fourth-order valence-electron chi connectivity index (χ4n) is 4.99. The number of aliphatic hydroxyl groups is 2. The van der Waals surface area contributed by atoms with E-state index in [1.54, 1.807) is 6.08 Å². The molecule has 0 unspecified atom stereocenters. The van der Waals surface area contributed by atoms with Crippen LogP contribution in [0.1, 0.15) is 168 Å². The van der Waals surface area contributed by atoms with Crippen molar-refractivity contribution in [3.05, 3.63) is 48.6 Å². The van der Waals surface area contributed by atoms with E-state index in [0.717, 1.165) is 38.5 Å². The number of carbonyl (C=O) groups excluding carboxylic acids is 2. The Kier molecular flexibility index (Phi) is 34.0. The highest BCUT2D eigenvalue weighted by molar-refractivity contribution is 5.69. The summed E-state index contributed by atoms with van der Waals surface area (Å²) >= 11 is 0. The molecule has 0 spiro atoms. The summed E-state index contributed by atoms with van der Waals surface area (Å²) in [6, 6.07) is 0. The predicted molar refractivity (Wildman–Crippen MR) is 193 cm³/mol. The molecule has 46 heavy (non-hydrogen) atoms. The van der Waals surface area contributed by atoms with E-state index in [2.05, 4.69) is 26.0 Å². The van der Waals surface area contributed by atoms with Gasteiger partial charge in [0.1, 0.15) is 19.3 Å². The molecular weight excluding hydrogens is 576 g/mol. The number of aliphatic hydroxyl groups excluding tert-OH is 2. The molecule has 2 N–H and O–H groups in total. The minimum absolute atomic E-state index is 0.148. The molecule has 0 radical (unpaired) electrons. The number of esters is 2. The summed E-state index contributed by atoms with van der Waals surface area (Å²) in [4.78, 5) is 23.9. The van der Waals surface area contributed by atoms with Gasteiger partial charge in [-0.05, 0) is 44.9 Å². The van der Waals surface area contributed by atoms with E-state index in [9.17, 15) is 19.8 Å². The van der Waals surface area contributed by atoms with E-state index in [1.165, 1.54) is 89.9 Å². The average molecular weight is 647 g/mol. The van der Waals surface area contributed by atoms with Crippen molar-refractivity contribution in [3.63, 3.8) is 0 Å². The van der Waals surface area contributed by atoms with Crippen LogP contribution in [0.2, 0.25) is 0 Å². The summed E-state index contributed by atoms with van der Waals surface area (Å²) < 4.78 is 10.3. The van der Waals surface area contributed by atoms with Crippen LogP contribution in [0.15, 0.2) is 48.6 Å². The van der Waals surface area contributed by atoms with Gasteiger partial charge in [0.25, 0.3) is 0 Å². The van der Waals surface area contributed by atoms with Gasteiger partial charge in [-0.1, -0.05) is 159 Å². The summed E-state index contributed by atoms with van der Waals surface area (Å²) in [5.74, 6) is -0.666. The van der Waals surface area contributed by atoms with E-state index >= 15 is 0 Å². The quantitative estimate of drug-likeness (QED) is 0.0319. The Hall–Kier alpha value is -2.18. The summed E-state index contributed by atoms with van der Waals surface area (Å²) in [7, 11) is 0. The van der Waals surface area contributed by atoms with Crippen LogP contribution in [0.4, 0.5) is 0 Å². The second-order valence-electron chi connectivity index (χ2n) is 12.5. The fraction of sp³-hybridized carbons (Fsp3) is 0.750. The highest BCUT2D eigenvalue weighted by atomic mass is 16.6. The number of hydrogen-bond acceptors (Lipinski definition) is 6. The second-order valence-corrected chi connectivity index (χ2v) is 12.5. The van der Waals surface area contributed by atoms with Crippen LogP contribution in [0.25, 0.3) is 0 Å². The molecule has 0 aromatic carbocycles. The van der Waals surface area contributed by atoms with E-state index in [-0.39, 0.29) is 31.6 Å². The van der Waals surface area contributed by atoms with Crippen LogP contribution >= 0.6 is 0 Å². The average Bonchev–Trinajstić information content (AvgIpc) is 3.05. The van der Waals surface area contributed by atoms with Crippen LogP contribution in [0.5, 0.6) is 0 Å². The largest absolute Gasteiger partial charge is 0.463 e. The van der Waals surface area contributed by atoms with Gasteiger partial charge in [-0.25, -0.2) is 0 Å². The molecule has 0 aliphatic rings. The first-order valence-electron chi connectivity index (χ1n) is 18.8. The monoisotopic (exact) mass is 647 g/mol. The van der Waals surface area contributed by atoms with Gasteiger partial charge in [0, 0.05) is 12.8 Å². The van der Waals surface area contributed by atoms with E-state index in [1.807, 2.05) is 30.4 Å². The number of hydrogen-bond donors (Lipinski definition) is 2. The van der Waals surface area contributed by atoms with Gasteiger partial charge in [0.15, 0.2) is 0 Å². The van der Waals surface area contributed by atoms with Gasteiger partial charge in [0.2, 0.25) is 0 Å². The number of unbranched alkanes of at least 4 members (excludes halogenated alkanes) is 17. The zero-order valence-electron chi connectivity index (χ0n) is 29.7. The Morgan fingerprint density at radius 2 is 1.02 bits per heavy atom. The van der Waals surface area contributed by atoms with Crippen molar-refractivity contribution in [2.45, 2.75) is 180 Å². The lowest BCUT2D eigenvalue weighted by atomic mass is 10.0. The summed E-state index contributed by atoms with van der Waals surface area (Å²) in [6.45, 7) is 4.14. The zero-order chi connectivity index (χ0) is 33.8. The smallest absolute Gasteiger partial charge is 0.305 e. The van der Waals surface area contributed by atoms with Crippen molar-refractivity contribution in [3.8, 4) is 0 Å². The van der Waals surface area contributed by atoms with Gasteiger partial charge in [-0.15, -0.1) is 0 Å². The van der Waals surface area contributed by atoms with E-state index in [0.29, 0.717) is 19.3 Å². The van der Waals surface area contributed by atoms with Gasteiger partial charge in [-0.3, -0.25) is 9.59 Å². The minimum atomic E-state index is -1.00. The number of allylic oxidation sites excluding steroid dienone is 6. The lowest BCUT2D eigenvalue weighted by Crippen LogP contribution is -2.25. The maximum Gasteiger partial charge on any atom is 0.305 e. The molecule has 266 valence electrons. The molecule has 0 rings (SSSR count). The lowest BCUT2D eigenvalue weighted by molar-refractivity contribution is -0.152. The number of carbonyl (C=O) groups is 2. The van der Waals surface area contributed by atoms with Crippen molar-refractivity contribution < 1.29 is 29.3 Å². The summed E-state index contributed by atoms with van der Waals surface area (Å²) in [5.41, 5.74) is 0. The fourth-order valence-corrected chi connectivity index (χ4v) is 4.99. The van der Waals surface area contributed by atoms with Crippen molar-refractivity contribution >= 4 is 11.9 Å². The Morgan fingerprint density at radius 1 is 0.543 bits per heavy atom. The molecule has 6 heteroatoms. The maximum absolute atomic E-state index is 11.9. The standard InChI is InChI=1S/C40H70O6/c1-3-5-7-9-11-12-13-14-15-16-17-21-25-29-33-39(43)45-35-38(42)36-46-40(44)34-30-26-22-19-18-20-24-28-32-37(41)31-27-23-10-8-6-4-2/h19-20,22-24,27-28,32,37-38,41-42H,3-18,21,25-26,29-31,33-36H2,1-2H3/b22-19-,24-20-,27-23-,32-28+/t37-,38-/m1/s1. The van der Waals surface area contributed by atoms with Gasteiger partial charge < -0.3 is 19.7 Å². The zero-order valence-corrected chi connectivity index (χ0v) is 29.7. The Labute approximate surface area is 282 Å². The van der Waals surface area contributed by atoms with E-state index < -0.39 is 12.2 Å². The molecule has 0 aromatic rings.